The second kappa shape index (κ2) is 8.36. The molecule has 0 bridgehead atoms. The highest BCUT2D eigenvalue weighted by molar-refractivity contribution is 7.92. The number of rotatable bonds is 5. The summed E-state index contributed by atoms with van der Waals surface area (Å²) in [5, 5.41) is 18.9. The van der Waals surface area contributed by atoms with Gasteiger partial charge in [-0.25, -0.2) is 13.2 Å². The van der Waals surface area contributed by atoms with E-state index in [-0.39, 0.29) is 28.2 Å². The molecule has 12 heteroatoms. The second-order valence-corrected chi connectivity index (χ2v) is 12.6. The number of cyclic esters (lactones) is 1. The fraction of sp³-hybridized carbons (Fsp3) is 0.545. The zero-order chi connectivity index (χ0) is 24.3. The predicted molar refractivity (Wildman–Crippen MR) is 123 cm³/mol. The molecule has 0 radical (unpaired) electrons. The summed E-state index contributed by atoms with van der Waals surface area (Å²) in [4.78, 5) is 28.3. The minimum atomic E-state index is -3.46. The largest absolute Gasteiger partial charge is 0.457 e. The summed E-state index contributed by atoms with van der Waals surface area (Å²) in [6.07, 6.45) is 2.38. The predicted octanol–water partition coefficient (Wildman–Crippen LogP) is 1.47. The van der Waals surface area contributed by atoms with Crippen molar-refractivity contribution < 1.29 is 27.9 Å². The molecular weight excluding hydrogens is 480 g/mol. The van der Waals surface area contributed by atoms with E-state index in [2.05, 4.69) is 15.1 Å². The molecule has 0 unspecified atom stereocenters. The number of hydrogen-bond acceptors (Lipinski definition) is 10. The number of likely N-dealkylation sites (tertiary alicyclic amines) is 1. The van der Waals surface area contributed by atoms with Crippen molar-refractivity contribution in [3.8, 4) is 0 Å². The minimum Gasteiger partial charge on any atom is -0.457 e. The van der Waals surface area contributed by atoms with E-state index >= 15 is 0 Å². The monoisotopic (exact) mass is 506 g/mol. The number of piperidine rings is 1. The van der Waals surface area contributed by atoms with E-state index in [1.165, 1.54) is 0 Å². The van der Waals surface area contributed by atoms with E-state index in [9.17, 15) is 23.1 Å². The number of nitrogens with zero attached hydrogens (tertiary/aromatic N) is 4. The molecule has 34 heavy (non-hydrogen) atoms. The number of β-amino-alcohol motifs (C(OH)–C–C–N with tert-alkyl or cyclic N) is 1. The smallest absolute Gasteiger partial charge is 0.338 e. The summed E-state index contributed by atoms with van der Waals surface area (Å²) < 4.78 is 28.4. The van der Waals surface area contributed by atoms with Gasteiger partial charge >= 0.3 is 5.97 Å². The van der Waals surface area contributed by atoms with Crippen LogP contribution in [0, 0.1) is 12.3 Å². The van der Waals surface area contributed by atoms with E-state index in [0.29, 0.717) is 30.2 Å². The van der Waals surface area contributed by atoms with E-state index in [1.54, 1.807) is 17.0 Å². The van der Waals surface area contributed by atoms with Crippen LogP contribution in [0.2, 0.25) is 0 Å². The van der Waals surface area contributed by atoms with Gasteiger partial charge in [0.2, 0.25) is 25.2 Å². The van der Waals surface area contributed by atoms with Crippen LogP contribution >= 0.6 is 11.3 Å². The Morgan fingerprint density at radius 2 is 1.97 bits per heavy atom. The van der Waals surface area contributed by atoms with Crippen molar-refractivity contribution in [2.24, 2.45) is 5.41 Å². The van der Waals surface area contributed by atoms with Crippen LogP contribution < -0.4 is 4.90 Å². The Bertz CT molecular complexity index is 1270. The van der Waals surface area contributed by atoms with Crippen LogP contribution in [0.3, 0.4) is 0 Å². The first-order valence-electron chi connectivity index (χ1n) is 11.1. The van der Waals surface area contributed by atoms with Gasteiger partial charge in [-0.05, 0) is 55.5 Å². The third-order valence-corrected chi connectivity index (χ3v) is 9.79. The third-order valence-electron chi connectivity index (χ3n) is 7.18. The average Bonchev–Trinajstić information content (AvgIpc) is 3.48. The zero-order valence-corrected chi connectivity index (χ0v) is 20.6. The molecular formula is C22H26N4O6S2. The number of aliphatic hydroxyl groups excluding tert-OH is 1. The Labute approximate surface area is 201 Å². The number of carbonyl (C=O) groups excluding carboxylic acids is 2. The molecule has 1 aromatic carbocycles. The number of esters is 1. The number of amides is 1. The van der Waals surface area contributed by atoms with Crippen molar-refractivity contribution in [3.05, 3.63) is 34.4 Å². The van der Waals surface area contributed by atoms with Crippen molar-refractivity contribution >= 4 is 38.2 Å². The van der Waals surface area contributed by atoms with E-state index in [4.69, 9.17) is 4.74 Å². The lowest BCUT2D eigenvalue weighted by Gasteiger charge is -2.39. The van der Waals surface area contributed by atoms with Crippen LogP contribution in [0.25, 0.3) is 0 Å². The van der Waals surface area contributed by atoms with Gasteiger partial charge in [-0.15, -0.1) is 10.2 Å². The molecule has 10 nitrogen and oxygen atoms in total. The van der Waals surface area contributed by atoms with Crippen LogP contribution in [0.15, 0.2) is 16.5 Å². The van der Waals surface area contributed by atoms with E-state index in [0.717, 1.165) is 60.2 Å². The Balaban J connectivity index is 1.22. The van der Waals surface area contributed by atoms with Crippen molar-refractivity contribution in [1.82, 2.24) is 15.1 Å². The molecule has 1 atom stereocenters. The highest BCUT2D eigenvalue weighted by Crippen LogP contribution is 2.43. The SMILES string of the molecule is Cc1c([C@@H](O)CN2CCC3(CC2)CC(=O)N(c2nnc(S(C)(=O)=O)s2)C3)ccc2c1COC2=O. The molecule has 2 aromatic rings. The van der Waals surface area contributed by atoms with Gasteiger partial charge in [-0.3, -0.25) is 9.69 Å². The normalized spacial score (nSPS) is 21.2. The summed E-state index contributed by atoms with van der Waals surface area (Å²) in [6, 6.07) is 3.53. The van der Waals surface area contributed by atoms with Crippen LogP contribution in [0.5, 0.6) is 0 Å². The topological polar surface area (TPSA) is 130 Å². The van der Waals surface area contributed by atoms with Gasteiger partial charge in [0.25, 0.3) is 0 Å². The maximum Gasteiger partial charge on any atom is 0.338 e. The number of ether oxygens (including phenoxy) is 1. The van der Waals surface area contributed by atoms with Crippen molar-refractivity contribution in [1.29, 1.82) is 0 Å². The number of aromatic nitrogens is 2. The molecule has 5 rings (SSSR count). The molecule has 1 N–H and O–H groups in total. The summed E-state index contributed by atoms with van der Waals surface area (Å²) >= 11 is 0.926. The number of fused-ring (bicyclic) bond motifs is 1. The van der Waals surface area contributed by atoms with Gasteiger partial charge in [0.15, 0.2) is 0 Å². The molecule has 182 valence electrons. The fourth-order valence-corrected chi connectivity index (χ4v) is 6.76. The second-order valence-electron chi connectivity index (χ2n) is 9.48. The zero-order valence-electron chi connectivity index (χ0n) is 19.0. The van der Waals surface area contributed by atoms with Gasteiger partial charge in [-0.2, -0.15) is 0 Å². The molecule has 1 amide bonds. The Kier molecular flexibility index (Phi) is 5.74. The van der Waals surface area contributed by atoms with Crippen molar-refractivity contribution in [2.45, 2.75) is 43.2 Å². The Hall–Kier alpha value is -2.41. The highest BCUT2D eigenvalue weighted by Gasteiger charge is 2.46. The third kappa shape index (κ3) is 4.12. The Morgan fingerprint density at radius 3 is 2.65 bits per heavy atom. The molecule has 0 aliphatic carbocycles. The molecule has 1 spiro atoms. The summed E-state index contributed by atoms with van der Waals surface area (Å²) in [6.45, 7) is 4.61. The lowest BCUT2D eigenvalue weighted by Crippen LogP contribution is -2.43. The Morgan fingerprint density at radius 1 is 1.24 bits per heavy atom. The molecule has 3 aliphatic heterocycles. The molecule has 0 saturated carbocycles. The van der Waals surface area contributed by atoms with Gasteiger partial charge in [0, 0.05) is 31.3 Å². The lowest BCUT2D eigenvalue weighted by atomic mass is 9.77. The van der Waals surface area contributed by atoms with Gasteiger partial charge < -0.3 is 14.7 Å². The van der Waals surface area contributed by atoms with Gasteiger partial charge in [0.1, 0.15) is 6.61 Å². The van der Waals surface area contributed by atoms with Crippen LogP contribution in [0.4, 0.5) is 5.13 Å². The van der Waals surface area contributed by atoms with Gasteiger partial charge in [0.05, 0.1) is 11.7 Å². The summed E-state index contributed by atoms with van der Waals surface area (Å²) in [5.74, 6) is -0.378. The first-order chi connectivity index (χ1) is 16.1. The highest BCUT2D eigenvalue weighted by atomic mass is 32.2. The number of carbonyl (C=O) groups is 2. The quantitative estimate of drug-likeness (QED) is 0.473. The summed E-state index contributed by atoms with van der Waals surface area (Å²) in [5.41, 5.74) is 2.93. The standard InChI is InChI=1S/C22H26N4O6S2/c1-13-14(3-4-15-16(13)11-32-19(15)29)17(27)10-25-7-5-22(6-8-25)9-18(28)26(12-22)20-23-24-21(33-20)34(2,30)31/h3-4,17,27H,5-12H2,1-2H3/t17-/m0/s1. The number of sulfone groups is 1. The first-order valence-corrected chi connectivity index (χ1v) is 13.8. The van der Waals surface area contributed by atoms with E-state index < -0.39 is 15.9 Å². The van der Waals surface area contributed by atoms with Crippen LogP contribution in [-0.4, -0.2) is 72.9 Å². The number of hydrogen-bond donors (Lipinski definition) is 1. The molecule has 3 aliphatic rings. The molecule has 2 saturated heterocycles. The van der Waals surface area contributed by atoms with Gasteiger partial charge in [-0.1, -0.05) is 17.4 Å². The number of benzene rings is 1. The fourth-order valence-electron chi connectivity index (χ4n) is 5.15. The van der Waals surface area contributed by atoms with E-state index in [1.807, 2.05) is 6.92 Å². The minimum absolute atomic E-state index is 0.0600. The van der Waals surface area contributed by atoms with Crippen LogP contribution in [0.1, 0.15) is 52.4 Å². The first kappa shape index (κ1) is 23.3. The lowest BCUT2D eigenvalue weighted by molar-refractivity contribution is -0.118. The van der Waals surface area contributed by atoms with Crippen LogP contribution in [-0.2, 0) is 26.0 Å². The van der Waals surface area contributed by atoms with Crippen molar-refractivity contribution in [2.75, 3.05) is 37.3 Å². The van der Waals surface area contributed by atoms with Crippen molar-refractivity contribution in [3.63, 3.8) is 0 Å². The maximum absolute atomic E-state index is 12.7. The molecule has 4 heterocycles. The average molecular weight is 507 g/mol. The number of aliphatic hydroxyl groups is 1. The number of anilines is 1. The maximum atomic E-state index is 12.7. The molecule has 2 fully saturated rings. The molecule has 1 aromatic heterocycles. The summed E-state index contributed by atoms with van der Waals surface area (Å²) in [7, 11) is -3.46.